The zero-order valence-corrected chi connectivity index (χ0v) is 14.7. The molecule has 0 saturated carbocycles. The van der Waals surface area contributed by atoms with Crippen molar-refractivity contribution < 1.29 is 29.6 Å². The van der Waals surface area contributed by atoms with Gasteiger partial charge in [0.05, 0.1) is 0 Å². The van der Waals surface area contributed by atoms with Gasteiger partial charge in [0.25, 0.3) is 0 Å². The molecule has 0 aromatic heterocycles. The first-order valence-corrected chi connectivity index (χ1v) is 7.92. The second kappa shape index (κ2) is 7.35. The maximum atomic E-state index is 11.9. The minimum Gasteiger partial charge on any atom is -0.507 e. The van der Waals surface area contributed by atoms with Gasteiger partial charge in [-0.05, 0) is 44.5 Å². The number of carboxylic acid groups (broad SMARTS) is 1. The lowest BCUT2D eigenvalue weighted by molar-refractivity contribution is -0.139. The number of rotatable bonds is 4. The highest BCUT2D eigenvalue weighted by Gasteiger charge is 2.26. The Morgan fingerprint density at radius 2 is 1.62 bits per heavy atom. The molecule has 7 nitrogen and oxygen atoms in total. The molecule has 0 radical (unpaired) electrons. The van der Waals surface area contributed by atoms with Crippen LogP contribution < -0.4 is 5.32 Å². The minimum atomic E-state index is -1.38. The van der Waals surface area contributed by atoms with E-state index < -0.39 is 23.7 Å². The Bertz CT molecular complexity index is 825. The van der Waals surface area contributed by atoms with Crippen LogP contribution in [0.3, 0.4) is 0 Å². The molecule has 2 aromatic carbocycles. The SMILES string of the molecule is CC(C)(C)OC(=O)NC(C(=O)O)c1ccc(O)c(-c2ccccc2O)c1. The molecule has 4 N–H and O–H groups in total. The van der Waals surface area contributed by atoms with Gasteiger partial charge in [0, 0.05) is 11.1 Å². The van der Waals surface area contributed by atoms with Crippen LogP contribution in [0.5, 0.6) is 11.5 Å². The lowest BCUT2D eigenvalue weighted by atomic mass is 9.98. The summed E-state index contributed by atoms with van der Waals surface area (Å²) in [6, 6.07) is 9.06. The molecular formula is C19H21NO6. The molecular weight excluding hydrogens is 338 g/mol. The Labute approximate surface area is 150 Å². The van der Waals surface area contributed by atoms with Crippen LogP contribution in [-0.4, -0.2) is 33.0 Å². The fourth-order valence-electron chi connectivity index (χ4n) is 2.36. The van der Waals surface area contributed by atoms with E-state index in [2.05, 4.69) is 5.32 Å². The number of phenols is 2. The molecule has 0 saturated heterocycles. The first-order chi connectivity index (χ1) is 12.1. The van der Waals surface area contributed by atoms with Crippen LogP contribution in [0, 0.1) is 0 Å². The monoisotopic (exact) mass is 359 g/mol. The Balaban J connectivity index is 2.39. The maximum Gasteiger partial charge on any atom is 0.408 e. The number of hydrogen-bond acceptors (Lipinski definition) is 5. The van der Waals surface area contributed by atoms with E-state index in [1.54, 1.807) is 39.0 Å². The van der Waals surface area contributed by atoms with Crippen molar-refractivity contribution in [2.24, 2.45) is 0 Å². The number of amides is 1. The third-order valence-electron chi connectivity index (χ3n) is 3.46. The quantitative estimate of drug-likeness (QED) is 0.665. The number of aliphatic carboxylic acids is 1. The van der Waals surface area contributed by atoms with Crippen molar-refractivity contribution in [2.75, 3.05) is 0 Å². The van der Waals surface area contributed by atoms with Crippen molar-refractivity contribution in [2.45, 2.75) is 32.4 Å². The molecule has 2 rings (SSSR count). The molecule has 1 amide bonds. The van der Waals surface area contributed by atoms with Crippen LogP contribution in [0.25, 0.3) is 11.1 Å². The number of hydrogen-bond donors (Lipinski definition) is 4. The highest BCUT2D eigenvalue weighted by atomic mass is 16.6. The molecule has 0 fully saturated rings. The van der Waals surface area contributed by atoms with Crippen molar-refractivity contribution in [1.82, 2.24) is 5.32 Å². The molecule has 1 atom stereocenters. The van der Waals surface area contributed by atoms with Gasteiger partial charge in [0.1, 0.15) is 17.1 Å². The van der Waals surface area contributed by atoms with E-state index >= 15 is 0 Å². The number of carbonyl (C=O) groups is 2. The third kappa shape index (κ3) is 4.66. The highest BCUT2D eigenvalue weighted by Crippen LogP contribution is 2.36. The first kappa shape index (κ1) is 19.1. The summed E-state index contributed by atoms with van der Waals surface area (Å²) in [5, 5.41) is 31.9. The largest absolute Gasteiger partial charge is 0.507 e. The first-order valence-electron chi connectivity index (χ1n) is 7.92. The number of alkyl carbamates (subject to hydrolysis) is 1. The predicted molar refractivity (Wildman–Crippen MR) is 95.0 cm³/mol. The minimum absolute atomic E-state index is 0.0630. The number of carbonyl (C=O) groups excluding carboxylic acids is 1. The molecule has 0 aliphatic carbocycles. The summed E-state index contributed by atoms with van der Waals surface area (Å²) in [6.45, 7) is 5.00. The predicted octanol–water partition coefficient (Wildman–Crippen LogP) is 3.42. The normalized spacial score (nSPS) is 12.3. The number of nitrogens with one attached hydrogen (secondary N) is 1. The Kier molecular flexibility index (Phi) is 5.40. The molecule has 138 valence electrons. The zero-order valence-electron chi connectivity index (χ0n) is 14.7. The second-order valence-corrected chi connectivity index (χ2v) is 6.71. The Hall–Kier alpha value is -3.22. The molecule has 0 aliphatic rings. The van der Waals surface area contributed by atoms with Crippen LogP contribution >= 0.6 is 0 Å². The van der Waals surface area contributed by atoms with Gasteiger partial charge in [-0.2, -0.15) is 0 Å². The van der Waals surface area contributed by atoms with Gasteiger partial charge >= 0.3 is 12.1 Å². The van der Waals surface area contributed by atoms with Gasteiger partial charge in [0.2, 0.25) is 0 Å². The van der Waals surface area contributed by atoms with Crippen LogP contribution in [0.15, 0.2) is 42.5 Å². The van der Waals surface area contributed by atoms with Crippen molar-refractivity contribution in [3.05, 3.63) is 48.0 Å². The van der Waals surface area contributed by atoms with Gasteiger partial charge in [-0.3, -0.25) is 0 Å². The van der Waals surface area contributed by atoms with Gasteiger partial charge in [0.15, 0.2) is 6.04 Å². The summed E-state index contributed by atoms with van der Waals surface area (Å²) in [4.78, 5) is 23.6. The van der Waals surface area contributed by atoms with E-state index in [-0.39, 0.29) is 22.6 Å². The van der Waals surface area contributed by atoms with Crippen molar-refractivity contribution in [3.63, 3.8) is 0 Å². The van der Waals surface area contributed by atoms with Crippen LogP contribution in [0.4, 0.5) is 4.79 Å². The van der Waals surface area contributed by atoms with E-state index in [0.717, 1.165) is 0 Å². The van der Waals surface area contributed by atoms with Gasteiger partial charge < -0.3 is 25.4 Å². The molecule has 26 heavy (non-hydrogen) atoms. The number of carboxylic acids is 1. The molecule has 0 bridgehead atoms. The highest BCUT2D eigenvalue weighted by molar-refractivity contribution is 5.83. The molecule has 0 spiro atoms. The average molecular weight is 359 g/mol. The van der Waals surface area contributed by atoms with Crippen LogP contribution in [-0.2, 0) is 9.53 Å². The summed E-state index contributed by atoms with van der Waals surface area (Å²) < 4.78 is 5.09. The van der Waals surface area contributed by atoms with Crippen LogP contribution in [0.1, 0.15) is 32.4 Å². The standard InChI is InChI=1S/C19H21NO6/c1-19(2,3)26-18(25)20-16(17(23)24)11-8-9-15(22)13(10-11)12-6-4-5-7-14(12)21/h4-10,16,21-22H,1-3H3,(H,20,25)(H,23,24). The lowest BCUT2D eigenvalue weighted by Gasteiger charge is -2.22. The molecule has 0 aliphatic heterocycles. The molecule has 0 heterocycles. The van der Waals surface area contributed by atoms with Crippen LogP contribution in [0.2, 0.25) is 0 Å². The fraction of sp³-hybridized carbons (Fsp3) is 0.263. The molecule has 1 unspecified atom stereocenters. The topological polar surface area (TPSA) is 116 Å². The van der Waals surface area contributed by atoms with Gasteiger partial charge in [-0.25, -0.2) is 9.59 Å². The summed E-state index contributed by atoms with van der Waals surface area (Å²) in [5.74, 6) is -1.48. The molecule has 7 heteroatoms. The summed E-state index contributed by atoms with van der Waals surface area (Å²) in [5.41, 5.74) is 0.0359. The zero-order chi connectivity index (χ0) is 19.5. The smallest absolute Gasteiger partial charge is 0.408 e. The lowest BCUT2D eigenvalue weighted by Crippen LogP contribution is -2.38. The van der Waals surface area contributed by atoms with Crippen molar-refractivity contribution in [1.29, 1.82) is 0 Å². The number of phenolic OH excluding ortho intramolecular Hbond substituents is 2. The maximum absolute atomic E-state index is 11.9. The number of aromatic hydroxyl groups is 2. The summed E-state index contributed by atoms with van der Waals surface area (Å²) in [6.07, 6.45) is -0.873. The number of benzene rings is 2. The van der Waals surface area contributed by atoms with E-state index in [4.69, 9.17) is 4.74 Å². The van der Waals surface area contributed by atoms with E-state index in [9.17, 15) is 24.9 Å². The number of ether oxygens (including phenoxy) is 1. The average Bonchev–Trinajstić information content (AvgIpc) is 2.52. The van der Waals surface area contributed by atoms with Gasteiger partial charge in [-0.1, -0.05) is 24.3 Å². The number of para-hydroxylation sites is 1. The Morgan fingerprint density at radius 3 is 2.19 bits per heavy atom. The van der Waals surface area contributed by atoms with E-state index in [1.165, 1.54) is 24.3 Å². The Morgan fingerprint density at radius 1 is 1.00 bits per heavy atom. The van der Waals surface area contributed by atoms with Gasteiger partial charge in [-0.15, -0.1) is 0 Å². The second-order valence-electron chi connectivity index (χ2n) is 6.71. The van der Waals surface area contributed by atoms with E-state index in [1.807, 2.05) is 0 Å². The summed E-state index contributed by atoms with van der Waals surface area (Å²) >= 11 is 0. The third-order valence-corrected chi connectivity index (χ3v) is 3.46. The van der Waals surface area contributed by atoms with Crippen molar-refractivity contribution in [3.8, 4) is 22.6 Å². The summed E-state index contributed by atoms with van der Waals surface area (Å²) in [7, 11) is 0. The van der Waals surface area contributed by atoms with E-state index in [0.29, 0.717) is 5.56 Å². The molecule has 2 aromatic rings. The fourth-order valence-corrected chi connectivity index (χ4v) is 2.36. The van der Waals surface area contributed by atoms with Crippen molar-refractivity contribution >= 4 is 12.1 Å².